The molecule has 1 aromatic carbocycles. The number of rotatable bonds is 7. The average molecular weight is 340 g/mol. The van der Waals surface area contributed by atoms with E-state index in [-0.39, 0.29) is 12.4 Å². The predicted octanol–water partition coefficient (Wildman–Crippen LogP) is 4.22. The first kappa shape index (κ1) is 18.6. The first-order valence-corrected chi connectivity index (χ1v) is 8.40. The van der Waals surface area contributed by atoms with Gasteiger partial charge in [0, 0.05) is 29.1 Å². The Morgan fingerprint density at radius 3 is 2.48 bits per heavy atom. The SMILES string of the molecule is CCOc1cc(C#N)ccc1OCC(=O)c1cc(C)n(C(C)C)c1C. The molecule has 1 aromatic heterocycles. The molecule has 0 aliphatic rings. The third kappa shape index (κ3) is 4.03. The first-order chi connectivity index (χ1) is 11.9. The lowest BCUT2D eigenvalue weighted by atomic mass is 10.1. The van der Waals surface area contributed by atoms with Crippen molar-refractivity contribution >= 4 is 5.78 Å². The minimum Gasteiger partial charge on any atom is -0.490 e. The second-order valence-corrected chi connectivity index (χ2v) is 6.17. The van der Waals surface area contributed by atoms with Gasteiger partial charge in [-0.15, -0.1) is 0 Å². The Labute approximate surface area is 148 Å². The van der Waals surface area contributed by atoms with E-state index in [1.807, 2.05) is 26.8 Å². The zero-order valence-corrected chi connectivity index (χ0v) is 15.4. The topological polar surface area (TPSA) is 64.2 Å². The number of aryl methyl sites for hydroxylation is 1. The van der Waals surface area contributed by atoms with Crippen molar-refractivity contribution in [2.24, 2.45) is 0 Å². The zero-order chi connectivity index (χ0) is 18.6. The van der Waals surface area contributed by atoms with E-state index in [1.165, 1.54) is 0 Å². The summed E-state index contributed by atoms with van der Waals surface area (Å²) in [6.07, 6.45) is 0. The summed E-state index contributed by atoms with van der Waals surface area (Å²) in [5.74, 6) is 0.862. The summed E-state index contributed by atoms with van der Waals surface area (Å²) in [5, 5.41) is 8.99. The van der Waals surface area contributed by atoms with Crippen molar-refractivity contribution in [1.29, 1.82) is 5.26 Å². The maximum absolute atomic E-state index is 12.6. The normalized spacial score (nSPS) is 10.6. The monoisotopic (exact) mass is 340 g/mol. The van der Waals surface area contributed by atoms with Crippen molar-refractivity contribution in [3.8, 4) is 17.6 Å². The Morgan fingerprint density at radius 2 is 1.92 bits per heavy atom. The smallest absolute Gasteiger partial charge is 0.202 e. The number of hydrogen-bond acceptors (Lipinski definition) is 4. The van der Waals surface area contributed by atoms with Crippen LogP contribution in [0.3, 0.4) is 0 Å². The summed E-state index contributed by atoms with van der Waals surface area (Å²) >= 11 is 0. The maximum atomic E-state index is 12.6. The quantitative estimate of drug-likeness (QED) is 0.708. The van der Waals surface area contributed by atoms with Gasteiger partial charge in [0.2, 0.25) is 5.78 Å². The van der Waals surface area contributed by atoms with E-state index in [9.17, 15) is 4.79 Å². The number of ether oxygens (including phenoxy) is 2. The fourth-order valence-corrected chi connectivity index (χ4v) is 3.04. The molecule has 1 heterocycles. The van der Waals surface area contributed by atoms with Crippen molar-refractivity contribution in [1.82, 2.24) is 4.57 Å². The van der Waals surface area contributed by atoms with Gasteiger partial charge in [0.1, 0.15) is 0 Å². The summed E-state index contributed by atoms with van der Waals surface area (Å²) < 4.78 is 13.3. The molecule has 0 aliphatic heterocycles. The number of nitriles is 1. The third-order valence-electron chi connectivity index (χ3n) is 4.03. The van der Waals surface area contributed by atoms with Crippen LogP contribution in [0.15, 0.2) is 24.3 Å². The van der Waals surface area contributed by atoms with Gasteiger partial charge in [-0.3, -0.25) is 4.79 Å². The van der Waals surface area contributed by atoms with E-state index in [1.54, 1.807) is 18.2 Å². The number of ketones is 1. The minimum atomic E-state index is -0.0770. The van der Waals surface area contributed by atoms with Gasteiger partial charge >= 0.3 is 0 Å². The highest BCUT2D eigenvalue weighted by Crippen LogP contribution is 2.29. The van der Waals surface area contributed by atoms with Crippen molar-refractivity contribution in [2.45, 2.75) is 40.7 Å². The van der Waals surface area contributed by atoms with Crippen LogP contribution in [0.25, 0.3) is 0 Å². The van der Waals surface area contributed by atoms with Gasteiger partial charge in [0.25, 0.3) is 0 Å². The second kappa shape index (κ2) is 7.89. The highest BCUT2D eigenvalue weighted by Gasteiger charge is 2.18. The van der Waals surface area contributed by atoms with E-state index < -0.39 is 0 Å². The Kier molecular flexibility index (Phi) is 5.87. The molecule has 0 aliphatic carbocycles. The number of hydrogen-bond donors (Lipinski definition) is 0. The maximum Gasteiger partial charge on any atom is 0.202 e. The molecule has 0 spiro atoms. The van der Waals surface area contributed by atoms with Gasteiger partial charge in [-0.25, -0.2) is 0 Å². The van der Waals surface area contributed by atoms with E-state index in [4.69, 9.17) is 14.7 Å². The van der Waals surface area contributed by atoms with Crippen molar-refractivity contribution in [2.75, 3.05) is 13.2 Å². The molecular weight excluding hydrogens is 316 g/mol. The molecule has 2 aromatic rings. The lowest BCUT2D eigenvalue weighted by molar-refractivity contribution is 0.0918. The molecule has 0 fully saturated rings. The number of nitrogens with zero attached hydrogens (tertiary/aromatic N) is 2. The van der Waals surface area contributed by atoms with Gasteiger partial charge in [-0.05, 0) is 52.8 Å². The molecule has 132 valence electrons. The molecule has 0 atom stereocenters. The fraction of sp³-hybridized carbons (Fsp3) is 0.400. The average Bonchev–Trinajstić information content (AvgIpc) is 2.88. The summed E-state index contributed by atoms with van der Waals surface area (Å²) in [6, 6.07) is 9.19. The highest BCUT2D eigenvalue weighted by atomic mass is 16.5. The van der Waals surface area contributed by atoms with Crippen molar-refractivity contribution in [3.05, 3.63) is 46.8 Å². The van der Waals surface area contributed by atoms with E-state index >= 15 is 0 Å². The van der Waals surface area contributed by atoms with E-state index in [0.717, 1.165) is 11.4 Å². The van der Waals surface area contributed by atoms with Gasteiger partial charge in [0.05, 0.1) is 18.2 Å². The Morgan fingerprint density at radius 1 is 1.20 bits per heavy atom. The lowest BCUT2D eigenvalue weighted by Gasteiger charge is -2.14. The van der Waals surface area contributed by atoms with Gasteiger partial charge in [-0.1, -0.05) is 0 Å². The number of Topliss-reactive ketones (excluding diaryl/α,β-unsaturated/α-hetero) is 1. The number of benzene rings is 1. The molecule has 0 radical (unpaired) electrons. The van der Waals surface area contributed by atoms with Gasteiger partial charge < -0.3 is 14.0 Å². The molecule has 25 heavy (non-hydrogen) atoms. The van der Waals surface area contributed by atoms with Crippen LogP contribution in [0.4, 0.5) is 0 Å². The summed E-state index contributed by atoms with van der Waals surface area (Å²) in [7, 11) is 0. The van der Waals surface area contributed by atoms with Crippen LogP contribution >= 0.6 is 0 Å². The number of carbonyl (C=O) groups excluding carboxylic acids is 1. The Hall–Kier alpha value is -2.74. The van der Waals surface area contributed by atoms with Crippen LogP contribution in [-0.4, -0.2) is 23.6 Å². The van der Waals surface area contributed by atoms with Crippen molar-refractivity contribution in [3.63, 3.8) is 0 Å². The van der Waals surface area contributed by atoms with Crippen LogP contribution < -0.4 is 9.47 Å². The molecule has 5 heteroatoms. The van der Waals surface area contributed by atoms with Gasteiger partial charge in [0.15, 0.2) is 18.1 Å². The molecule has 0 amide bonds. The van der Waals surface area contributed by atoms with Crippen LogP contribution in [0.5, 0.6) is 11.5 Å². The predicted molar refractivity (Wildman–Crippen MR) is 96.4 cm³/mol. The van der Waals surface area contributed by atoms with Crippen LogP contribution in [0, 0.1) is 25.2 Å². The second-order valence-electron chi connectivity index (χ2n) is 6.17. The van der Waals surface area contributed by atoms with E-state index in [2.05, 4.69) is 24.5 Å². The Bertz CT molecular complexity index is 813. The highest BCUT2D eigenvalue weighted by molar-refractivity contribution is 5.98. The standard InChI is InChI=1S/C20H24N2O3/c1-6-24-20-10-16(11-21)7-8-19(20)25-12-18(23)17-9-14(4)22(13(2)3)15(17)5/h7-10,13H,6,12H2,1-5H3. The first-order valence-electron chi connectivity index (χ1n) is 8.40. The molecule has 0 unspecified atom stereocenters. The molecule has 0 saturated heterocycles. The largest absolute Gasteiger partial charge is 0.490 e. The summed E-state index contributed by atoms with van der Waals surface area (Å²) in [5.41, 5.74) is 3.18. The molecule has 2 rings (SSSR count). The van der Waals surface area contributed by atoms with Gasteiger partial charge in [-0.2, -0.15) is 5.26 Å². The molecule has 0 saturated carbocycles. The molecular formula is C20H24N2O3. The third-order valence-corrected chi connectivity index (χ3v) is 4.03. The molecule has 0 N–H and O–H groups in total. The molecule has 5 nitrogen and oxygen atoms in total. The number of carbonyl (C=O) groups is 1. The zero-order valence-electron chi connectivity index (χ0n) is 15.4. The lowest BCUT2D eigenvalue weighted by Crippen LogP contribution is -2.14. The Balaban J connectivity index is 2.18. The minimum absolute atomic E-state index is 0.0750. The number of aromatic nitrogens is 1. The van der Waals surface area contributed by atoms with Crippen LogP contribution in [0.2, 0.25) is 0 Å². The van der Waals surface area contributed by atoms with Crippen LogP contribution in [-0.2, 0) is 0 Å². The van der Waals surface area contributed by atoms with Crippen molar-refractivity contribution < 1.29 is 14.3 Å². The van der Waals surface area contributed by atoms with E-state index in [0.29, 0.717) is 35.3 Å². The molecule has 0 bridgehead atoms. The summed E-state index contributed by atoms with van der Waals surface area (Å²) in [6.45, 7) is 10.4. The summed E-state index contributed by atoms with van der Waals surface area (Å²) in [4.78, 5) is 12.6. The van der Waals surface area contributed by atoms with Crippen LogP contribution in [0.1, 0.15) is 54.1 Å². The fourth-order valence-electron chi connectivity index (χ4n) is 3.04.